The summed E-state index contributed by atoms with van der Waals surface area (Å²) in [6.45, 7) is 2.41. The highest BCUT2D eigenvalue weighted by atomic mass is 32.2. The van der Waals surface area contributed by atoms with E-state index in [1.807, 2.05) is 0 Å². The molecule has 128 valence electrons. The molecule has 2 atom stereocenters. The smallest absolute Gasteiger partial charge is 0.243 e. The Morgan fingerprint density at radius 2 is 2.09 bits per heavy atom. The molecule has 1 aromatic carbocycles. The minimum atomic E-state index is -3.82. The minimum Gasteiger partial charge on any atom is -0.383 e. The van der Waals surface area contributed by atoms with Crippen LogP contribution >= 0.6 is 0 Å². The summed E-state index contributed by atoms with van der Waals surface area (Å²) in [7, 11) is -2.29. The molecule has 2 rings (SSSR count). The molecular weight excluding hydrogens is 323 g/mol. The summed E-state index contributed by atoms with van der Waals surface area (Å²) in [6.07, 6.45) is 1.07. The first-order valence-electron chi connectivity index (χ1n) is 7.43. The monoisotopic (exact) mass is 344 g/mol. The van der Waals surface area contributed by atoms with Gasteiger partial charge in [-0.15, -0.1) is 0 Å². The van der Waals surface area contributed by atoms with Gasteiger partial charge in [0.2, 0.25) is 15.9 Å². The van der Waals surface area contributed by atoms with Gasteiger partial charge in [0, 0.05) is 19.7 Å². The van der Waals surface area contributed by atoms with Crippen LogP contribution in [0.3, 0.4) is 0 Å². The molecule has 1 N–H and O–H groups in total. The van der Waals surface area contributed by atoms with E-state index >= 15 is 0 Å². The van der Waals surface area contributed by atoms with Crippen molar-refractivity contribution in [3.63, 3.8) is 0 Å². The lowest BCUT2D eigenvalue weighted by molar-refractivity contribution is -0.125. The molecule has 8 heteroatoms. The molecule has 0 unspecified atom stereocenters. The van der Waals surface area contributed by atoms with Gasteiger partial charge in [0.15, 0.2) is 0 Å². The van der Waals surface area contributed by atoms with E-state index in [-0.39, 0.29) is 23.4 Å². The number of sulfonamides is 1. The number of hydrogen-bond acceptors (Lipinski definition) is 4. The van der Waals surface area contributed by atoms with E-state index in [4.69, 9.17) is 4.74 Å². The quantitative estimate of drug-likeness (QED) is 0.839. The molecule has 1 amide bonds. The number of nitrogens with one attached hydrogen (secondary N) is 1. The van der Waals surface area contributed by atoms with E-state index in [1.54, 1.807) is 6.92 Å². The van der Waals surface area contributed by atoms with Gasteiger partial charge in [0.1, 0.15) is 11.9 Å². The number of carbonyl (C=O) groups excluding carboxylic acids is 1. The van der Waals surface area contributed by atoms with Gasteiger partial charge in [-0.3, -0.25) is 4.79 Å². The molecular formula is C15H21FN2O4S. The van der Waals surface area contributed by atoms with Gasteiger partial charge in [0.25, 0.3) is 0 Å². The Labute approximate surface area is 135 Å². The maximum atomic E-state index is 13.0. The Bertz CT molecular complexity index is 648. The molecule has 1 heterocycles. The number of benzene rings is 1. The predicted molar refractivity (Wildman–Crippen MR) is 82.8 cm³/mol. The van der Waals surface area contributed by atoms with Crippen LogP contribution in [0.15, 0.2) is 29.2 Å². The van der Waals surface area contributed by atoms with Gasteiger partial charge < -0.3 is 10.1 Å². The number of amides is 1. The number of ether oxygens (including phenoxy) is 1. The average Bonchev–Trinajstić information content (AvgIpc) is 2.98. The first kappa shape index (κ1) is 17.8. The van der Waals surface area contributed by atoms with Crippen molar-refractivity contribution in [3.8, 4) is 0 Å². The Kier molecular flexibility index (Phi) is 5.72. The fourth-order valence-electron chi connectivity index (χ4n) is 2.66. The van der Waals surface area contributed by atoms with Crippen LogP contribution in [0.2, 0.25) is 0 Å². The zero-order valence-electron chi connectivity index (χ0n) is 13.2. The molecule has 23 heavy (non-hydrogen) atoms. The van der Waals surface area contributed by atoms with Crippen LogP contribution in [0.25, 0.3) is 0 Å². The fraction of sp³-hybridized carbons (Fsp3) is 0.533. The summed E-state index contributed by atoms with van der Waals surface area (Å²) >= 11 is 0. The maximum Gasteiger partial charge on any atom is 0.243 e. The molecule has 0 saturated carbocycles. The number of rotatable bonds is 6. The maximum absolute atomic E-state index is 13.0. The molecule has 0 bridgehead atoms. The number of nitrogens with zero attached hydrogens (tertiary/aromatic N) is 1. The second-order valence-electron chi connectivity index (χ2n) is 5.59. The molecule has 1 aromatic rings. The van der Waals surface area contributed by atoms with Crippen molar-refractivity contribution in [2.75, 3.05) is 20.3 Å². The van der Waals surface area contributed by atoms with Gasteiger partial charge >= 0.3 is 0 Å². The summed E-state index contributed by atoms with van der Waals surface area (Å²) in [5.74, 6) is -0.842. The number of halogens is 1. The predicted octanol–water partition coefficient (Wildman–Crippen LogP) is 1.13. The van der Waals surface area contributed by atoms with Crippen LogP contribution in [-0.4, -0.2) is 51.0 Å². The first-order valence-corrected chi connectivity index (χ1v) is 8.87. The SMILES string of the molecule is COC[C@@H](C)NC(=O)[C@@H]1CCCN1S(=O)(=O)c1ccc(F)cc1. The summed E-state index contributed by atoms with van der Waals surface area (Å²) < 4.78 is 44.5. The Hall–Kier alpha value is -1.51. The Morgan fingerprint density at radius 1 is 1.43 bits per heavy atom. The zero-order chi connectivity index (χ0) is 17.0. The van der Waals surface area contributed by atoms with E-state index < -0.39 is 21.9 Å². The van der Waals surface area contributed by atoms with Gasteiger partial charge in [-0.1, -0.05) is 0 Å². The van der Waals surface area contributed by atoms with Gasteiger partial charge in [-0.2, -0.15) is 4.31 Å². The largest absolute Gasteiger partial charge is 0.383 e. The molecule has 0 aliphatic carbocycles. The van der Waals surface area contributed by atoms with Crippen molar-refractivity contribution in [2.45, 2.75) is 36.7 Å². The van der Waals surface area contributed by atoms with E-state index in [2.05, 4.69) is 5.32 Å². The van der Waals surface area contributed by atoms with Crippen LogP contribution < -0.4 is 5.32 Å². The van der Waals surface area contributed by atoms with Crippen LogP contribution in [0.4, 0.5) is 4.39 Å². The van der Waals surface area contributed by atoms with Crippen molar-refractivity contribution < 1.29 is 22.3 Å². The van der Waals surface area contributed by atoms with E-state index in [0.29, 0.717) is 19.4 Å². The molecule has 0 spiro atoms. The van der Waals surface area contributed by atoms with Gasteiger partial charge in [-0.05, 0) is 44.0 Å². The normalized spacial score (nSPS) is 20.4. The van der Waals surface area contributed by atoms with Crippen LogP contribution in [0.5, 0.6) is 0 Å². The molecule has 1 saturated heterocycles. The van der Waals surface area contributed by atoms with Gasteiger partial charge in [-0.25, -0.2) is 12.8 Å². The van der Waals surface area contributed by atoms with E-state index in [1.165, 1.54) is 23.5 Å². The summed E-state index contributed by atoms with van der Waals surface area (Å²) in [6, 6.07) is 3.67. The van der Waals surface area contributed by atoms with Crippen LogP contribution in [-0.2, 0) is 19.6 Å². The number of methoxy groups -OCH3 is 1. The summed E-state index contributed by atoms with van der Waals surface area (Å²) in [5.41, 5.74) is 0. The van der Waals surface area contributed by atoms with Crippen LogP contribution in [0.1, 0.15) is 19.8 Å². The molecule has 1 fully saturated rings. The number of carbonyl (C=O) groups is 1. The van der Waals surface area contributed by atoms with Gasteiger partial charge in [0.05, 0.1) is 11.5 Å². The van der Waals surface area contributed by atoms with Crippen molar-refractivity contribution in [2.24, 2.45) is 0 Å². The highest BCUT2D eigenvalue weighted by Crippen LogP contribution is 2.26. The first-order chi connectivity index (χ1) is 10.9. The van der Waals surface area contributed by atoms with E-state index in [9.17, 15) is 17.6 Å². The number of hydrogen-bond donors (Lipinski definition) is 1. The average molecular weight is 344 g/mol. The third-order valence-electron chi connectivity index (χ3n) is 3.73. The third kappa shape index (κ3) is 4.07. The lowest BCUT2D eigenvalue weighted by atomic mass is 10.2. The zero-order valence-corrected chi connectivity index (χ0v) is 14.0. The lowest BCUT2D eigenvalue weighted by Gasteiger charge is -2.24. The van der Waals surface area contributed by atoms with Crippen molar-refractivity contribution >= 4 is 15.9 Å². The lowest BCUT2D eigenvalue weighted by Crippen LogP contribution is -2.49. The molecule has 1 aliphatic rings. The Morgan fingerprint density at radius 3 is 2.70 bits per heavy atom. The second-order valence-corrected chi connectivity index (χ2v) is 7.48. The molecule has 6 nitrogen and oxygen atoms in total. The highest BCUT2D eigenvalue weighted by molar-refractivity contribution is 7.89. The topological polar surface area (TPSA) is 75.7 Å². The van der Waals surface area contributed by atoms with Crippen molar-refractivity contribution in [1.29, 1.82) is 0 Å². The highest BCUT2D eigenvalue weighted by Gasteiger charge is 2.39. The third-order valence-corrected chi connectivity index (χ3v) is 5.65. The van der Waals surface area contributed by atoms with E-state index in [0.717, 1.165) is 12.1 Å². The van der Waals surface area contributed by atoms with Crippen LogP contribution in [0, 0.1) is 5.82 Å². The summed E-state index contributed by atoms with van der Waals surface area (Å²) in [5, 5.41) is 2.76. The molecule has 0 aromatic heterocycles. The standard InChI is InChI=1S/C15H21FN2O4S/c1-11(10-22-2)17-15(19)14-4-3-9-18(14)23(20,21)13-7-5-12(16)6-8-13/h5-8,11,14H,3-4,9-10H2,1-2H3,(H,17,19)/t11-,14+/m1/s1. The minimum absolute atomic E-state index is 0.0106. The molecule has 0 radical (unpaired) electrons. The summed E-state index contributed by atoms with van der Waals surface area (Å²) in [4.78, 5) is 12.3. The fourth-order valence-corrected chi connectivity index (χ4v) is 4.32. The Balaban J connectivity index is 2.17. The second kappa shape index (κ2) is 7.37. The molecule has 1 aliphatic heterocycles. The van der Waals surface area contributed by atoms with Crippen molar-refractivity contribution in [3.05, 3.63) is 30.1 Å². The van der Waals surface area contributed by atoms with Crippen molar-refractivity contribution in [1.82, 2.24) is 9.62 Å².